The van der Waals surface area contributed by atoms with E-state index >= 15 is 0 Å². The lowest BCUT2D eigenvalue weighted by molar-refractivity contribution is -0.125. The number of aryl methyl sites for hydroxylation is 1. The van der Waals surface area contributed by atoms with Crippen molar-refractivity contribution in [3.05, 3.63) is 48.0 Å². The fourth-order valence-electron chi connectivity index (χ4n) is 4.17. The summed E-state index contributed by atoms with van der Waals surface area (Å²) in [6.07, 6.45) is 2.49. The minimum absolute atomic E-state index is 0.120. The van der Waals surface area contributed by atoms with E-state index in [2.05, 4.69) is 34.6 Å². The molecule has 0 saturated carbocycles. The number of nitrogens with one attached hydrogen (secondary N) is 2. The smallest absolute Gasteiger partial charge is 0.250 e. The first-order valence-electron chi connectivity index (χ1n) is 10.2. The number of benzene rings is 2. The minimum atomic E-state index is -0.957. The topological polar surface area (TPSA) is 64.7 Å². The third-order valence-electron chi connectivity index (χ3n) is 5.87. The van der Waals surface area contributed by atoms with E-state index < -0.39 is 5.54 Å². The molecule has 1 saturated heterocycles. The summed E-state index contributed by atoms with van der Waals surface area (Å²) in [7, 11) is 0. The molecule has 1 fully saturated rings. The molecule has 2 aromatic carbocycles. The van der Waals surface area contributed by atoms with Gasteiger partial charge in [-0.15, -0.1) is 0 Å². The number of anilines is 4. The van der Waals surface area contributed by atoms with Crippen LogP contribution in [0.25, 0.3) is 0 Å². The van der Waals surface area contributed by atoms with Gasteiger partial charge < -0.3 is 15.5 Å². The highest BCUT2D eigenvalue weighted by atomic mass is 16.2. The summed E-state index contributed by atoms with van der Waals surface area (Å²) in [5, 5.41) is 6.16. The molecule has 0 unspecified atom stereocenters. The van der Waals surface area contributed by atoms with E-state index in [9.17, 15) is 9.59 Å². The summed E-state index contributed by atoms with van der Waals surface area (Å²) in [4.78, 5) is 29.7. The molecule has 0 spiro atoms. The van der Waals surface area contributed by atoms with Crippen LogP contribution in [0.4, 0.5) is 22.7 Å². The van der Waals surface area contributed by atoms with E-state index in [0.717, 1.165) is 30.0 Å². The highest BCUT2D eigenvalue weighted by Gasteiger charge is 2.43. The van der Waals surface area contributed by atoms with Gasteiger partial charge in [-0.1, -0.05) is 12.1 Å². The largest absolute Gasteiger partial charge is 0.376 e. The molecule has 2 aliphatic heterocycles. The number of para-hydroxylation sites is 2. The van der Waals surface area contributed by atoms with Crippen molar-refractivity contribution in [2.75, 3.05) is 40.1 Å². The first-order chi connectivity index (χ1) is 13.9. The molecular weight excluding hydrogens is 364 g/mol. The summed E-state index contributed by atoms with van der Waals surface area (Å²) >= 11 is 0. The third kappa shape index (κ3) is 3.55. The standard InChI is InChI=1S/C23H28N4O2/c1-16-14-17(26-12-6-7-13-26)10-11-18(16)24-15-21(28)27-20-9-5-4-8-19(20)25-22(29)23(27,2)3/h4-5,8-11,14,24H,6-7,12-13,15H2,1-3H3,(H,25,29). The Bertz CT molecular complexity index is 948. The molecule has 2 heterocycles. The molecule has 2 aliphatic rings. The molecule has 0 atom stereocenters. The van der Waals surface area contributed by atoms with Crippen LogP contribution >= 0.6 is 0 Å². The fourth-order valence-corrected chi connectivity index (χ4v) is 4.17. The Labute approximate surface area is 171 Å². The molecule has 0 bridgehead atoms. The monoisotopic (exact) mass is 392 g/mol. The van der Waals surface area contributed by atoms with E-state index in [0.29, 0.717) is 5.69 Å². The molecule has 2 aromatic rings. The SMILES string of the molecule is Cc1cc(N2CCCC2)ccc1NCC(=O)N1c2ccccc2NC(=O)C1(C)C. The molecule has 2 amide bonds. The van der Waals surface area contributed by atoms with Gasteiger partial charge in [0.15, 0.2) is 0 Å². The molecule has 4 rings (SSSR count). The van der Waals surface area contributed by atoms with E-state index in [1.165, 1.54) is 18.5 Å². The highest BCUT2D eigenvalue weighted by Crippen LogP contribution is 2.36. The number of nitrogens with zero attached hydrogens (tertiary/aromatic N) is 2. The minimum Gasteiger partial charge on any atom is -0.376 e. The van der Waals surface area contributed by atoms with Gasteiger partial charge in [-0.2, -0.15) is 0 Å². The predicted molar refractivity (Wildman–Crippen MR) is 118 cm³/mol. The maximum absolute atomic E-state index is 13.2. The van der Waals surface area contributed by atoms with Crippen LogP contribution in [0.15, 0.2) is 42.5 Å². The quantitative estimate of drug-likeness (QED) is 0.831. The number of hydrogen-bond donors (Lipinski definition) is 2. The van der Waals surface area contributed by atoms with Crippen molar-refractivity contribution in [3.8, 4) is 0 Å². The molecule has 0 aliphatic carbocycles. The number of carbonyl (C=O) groups excluding carboxylic acids is 2. The van der Waals surface area contributed by atoms with Gasteiger partial charge in [-0.25, -0.2) is 0 Å². The van der Waals surface area contributed by atoms with Gasteiger partial charge in [0, 0.05) is 24.5 Å². The van der Waals surface area contributed by atoms with E-state index in [1.807, 2.05) is 30.3 Å². The summed E-state index contributed by atoms with van der Waals surface area (Å²) < 4.78 is 0. The van der Waals surface area contributed by atoms with Gasteiger partial charge in [0.25, 0.3) is 0 Å². The van der Waals surface area contributed by atoms with Crippen LogP contribution in [0, 0.1) is 6.92 Å². The van der Waals surface area contributed by atoms with Crippen LogP contribution in [0.2, 0.25) is 0 Å². The molecule has 2 N–H and O–H groups in total. The lowest BCUT2D eigenvalue weighted by Crippen LogP contribution is -2.59. The van der Waals surface area contributed by atoms with E-state index in [1.54, 1.807) is 18.7 Å². The van der Waals surface area contributed by atoms with E-state index in [4.69, 9.17) is 0 Å². The number of amides is 2. The molecule has 0 radical (unpaired) electrons. The normalized spacial score (nSPS) is 17.7. The molecular formula is C23H28N4O2. The summed E-state index contributed by atoms with van der Waals surface area (Å²) in [5.41, 5.74) is 3.72. The summed E-state index contributed by atoms with van der Waals surface area (Å²) in [5.74, 6) is -0.323. The van der Waals surface area contributed by atoms with Crippen molar-refractivity contribution < 1.29 is 9.59 Å². The lowest BCUT2D eigenvalue weighted by atomic mass is 9.96. The Kier molecular flexibility index (Phi) is 4.94. The molecule has 6 nitrogen and oxygen atoms in total. The predicted octanol–water partition coefficient (Wildman–Crippen LogP) is 3.77. The van der Waals surface area contributed by atoms with Crippen LogP contribution in [-0.2, 0) is 9.59 Å². The van der Waals surface area contributed by atoms with Crippen LogP contribution in [0.1, 0.15) is 32.3 Å². The average molecular weight is 393 g/mol. The average Bonchev–Trinajstić information content (AvgIpc) is 3.22. The van der Waals surface area contributed by atoms with Crippen molar-refractivity contribution in [1.82, 2.24) is 0 Å². The molecule has 29 heavy (non-hydrogen) atoms. The van der Waals surface area contributed by atoms with Gasteiger partial charge in [-0.3, -0.25) is 14.5 Å². The zero-order valence-corrected chi connectivity index (χ0v) is 17.3. The Morgan fingerprint density at radius 1 is 1.14 bits per heavy atom. The lowest BCUT2D eigenvalue weighted by Gasteiger charge is -2.42. The van der Waals surface area contributed by atoms with E-state index in [-0.39, 0.29) is 18.4 Å². The fraction of sp³-hybridized carbons (Fsp3) is 0.391. The van der Waals surface area contributed by atoms with Crippen molar-refractivity contribution in [1.29, 1.82) is 0 Å². The highest BCUT2D eigenvalue weighted by molar-refractivity contribution is 6.14. The first-order valence-corrected chi connectivity index (χ1v) is 10.2. The Balaban J connectivity index is 1.51. The number of fused-ring (bicyclic) bond motifs is 1. The van der Waals surface area contributed by atoms with Gasteiger partial charge >= 0.3 is 0 Å². The second kappa shape index (κ2) is 7.43. The third-order valence-corrected chi connectivity index (χ3v) is 5.87. The second-order valence-electron chi connectivity index (χ2n) is 8.31. The van der Waals surface area contributed by atoms with Crippen LogP contribution < -0.4 is 20.4 Å². The Morgan fingerprint density at radius 3 is 2.59 bits per heavy atom. The maximum Gasteiger partial charge on any atom is 0.250 e. The zero-order valence-electron chi connectivity index (χ0n) is 17.3. The van der Waals surface area contributed by atoms with Crippen LogP contribution in [-0.4, -0.2) is 37.0 Å². The second-order valence-corrected chi connectivity index (χ2v) is 8.31. The van der Waals surface area contributed by atoms with Gasteiger partial charge in [0.05, 0.1) is 17.9 Å². The summed E-state index contributed by atoms with van der Waals surface area (Å²) in [6, 6.07) is 13.7. The Hall–Kier alpha value is -3.02. The summed E-state index contributed by atoms with van der Waals surface area (Å²) in [6.45, 7) is 7.93. The number of carbonyl (C=O) groups is 2. The number of hydrogen-bond acceptors (Lipinski definition) is 4. The van der Waals surface area contributed by atoms with Crippen LogP contribution in [0.3, 0.4) is 0 Å². The van der Waals surface area contributed by atoms with Gasteiger partial charge in [0.2, 0.25) is 11.8 Å². The van der Waals surface area contributed by atoms with Crippen LogP contribution in [0.5, 0.6) is 0 Å². The van der Waals surface area contributed by atoms with Crippen molar-refractivity contribution in [2.45, 2.75) is 39.2 Å². The first kappa shape index (κ1) is 19.3. The molecule has 152 valence electrons. The van der Waals surface area contributed by atoms with Gasteiger partial charge in [-0.05, 0) is 69.5 Å². The molecule has 6 heteroatoms. The van der Waals surface area contributed by atoms with Crippen molar-refractivity contribution in [3.63, 3.8) is 0 Å². The van der Waals surface area contributed by atoms with Crippen molar-refractivity contribution in [2.24, 2.45) is 0 Å². The number of rotatable bonds is 4. The molecule has 0 aromatic heterocycles. The zero-order chi connectivity index (χ0) is 20.6. The Morgan fingerprint density at radius 2 is 1.86 bits per heavy atom. The van der Waals surface area contributed by atoms with Crippen molar-refractivity contribution >= 4 is 34.6 Å². The van der Waals surface area contributed by atoms with Gasteiger partial charge in [0.1, 0.15) is 5.54 Å². The maximum atomic E-state index is 13.2.